The first-order valence-electron chi connectivity index (χ1n) is 8.88. The van der Waals surface area contributed by atoms with Crippen LogP contribution in [0, 0.1) is 6.92 Å². The Hall–Kier alpha value is -2.47. The van der Waals surface area contributed by atoms with Crippen LogP contribution in [0.4, 0.5) is 0 Å². The number of guanidine groups is 1. The molecular formula is C20H29N3O3. The molecule has 1 heterocycles. The topological polar surface area (TPSA) is 79.0 Å². The van der Waals surface area contributed by atoms with E-state index in [9.17, 15) is 5.11 Å². The van der Waals surface area contributed by atoms with Gasteiger partial charge in [-0.2, -0.15) is 0 Å². The summed E-state index contributed by atoms with van der Waals surface area (Å²) in [5.41, 5.74) is 1.17. The lowest BCUT2D eigenvalue weighted by molar-refractivity contribution is 0.0437. The summed E-state index contributed by atoms with van der Waals surface area (Å²) in [6.07, 6.45) is 2.39. The van der Waals surface area contributed by atoms with Crippen LogP contribution in [-0.4, -0.2) is 37.8 Å². The predicted octanol–water partition coefficient (Wildman–Crippen LogP) is 2.60. The predicted molar refractivity (Wildman–Crippen MR) is 104 cm³/mol. The highest BCUT2D eigenvalue weighted by Crippen LogP contribution is 2.21. The number of aliphatic imine (C=N–C) groups is 1. The molecule has 142 valence electrons. The Morgan fingerprint density at radius 2 is 2.12 bits per heavy atom. The maximum absolute atomic E-state index is 10.5. The second kappa shape index (κ2) is 9.29. The molecule has 0 aliphatic heterocycles. The number of rotatable bonds is 8. The Bertz CT molecular complexity index is 709. The van der Waals surface area contributed by atoms with Gasteiger partial charge in [-0.15, -0.1) is 0 Å². The van der Waals surface area contributed by atoms with Crippen LogP contribution in [0.1, 0.15) is 30.7 Å². The summed E-state index contributed by atoms with van der Waals surface area (Å²) in [5, 5.41) is 17.0. The molecule has 3 N–H and O–H groups in total. The molecule has 6 nitrogen and oxygen atoms in total. The molecule has 0 fully saturated rings. The number of methoxy groups -OCH3 is 1. The van der Waals surface area contributed by atoms with E-state index in [1.807, 2.05) is 13.8 Å². The number of hydrogen-bond donors (Lipinski definition) is 3. The first-order chi connectivity index (χ1) is 12.5. The first kappa shape index (κ1) is 19.8. The molecule has 1 unspecified atom stereocenters. The molecule has 0 aliphatic carbocycles. The van der Waals surface area contributed by atoms with E-state index >= 15 is 0 Å². The molecule has 0 aliphatic rings. The highest BCUT2D eigenvalue weighted by Gasteiger charge is 2.26. The van der Waals surface area contributed by atoms with Gasteiger partial charge in [-0.25, -0.2) is 4.99 Å². The summed E-state index contributed by atoms with van der Waals surface area (Å²) in [6.45, 7) is 7.40. The Morgan fingerprint density at radius 3 is 2.77 bits per heavy atom. The highest BCUT2D eigenvalue weighted by molar-refractivity contribution is 5.79. The fourth-order valence-electron chi connectivity index (χ4n) is 2.58. The number of furan rings is 1. The molecule has 1 atom stereocenters. The van der Waals surface area contributed by atoms with Crippen LogP contribution >= 0.6 is 0 Å². The third-order valence-corrected chi connectivity index (χ3v) is 4.12. The Balaban J connectivity index is 1.93. The SMILES string of the molecule is CCNC(=NCC(C)(O)c1ccco1)NCCc1ccc(C)c(OC)c1. The number of aryl methyl sites for hydroxylation is 1. The van der Waals surface area contributed by atoms with E-state index in [0.717, 1.165) is 30.8 Å². The van der Waals surface area contributed by atoms with E-state index in [1.54, 1.807) is 32.4 Å². The van der Waals surface area contributed by atoms with Gasteiger partial charge in [0.15, 0.2) is 5.96 Å². The van der Waals surface area contributed by atoms with Gasteiger partial charge >= 0.3 is 0 Å². The standard InChI is InChI=1S/C20H29N3O3/c1-5-21-19(23-14-20(3,24)18-7-6-12-26-18)22-11-10-16-9-8-15(2)17(13-16)25-4/h6-9,12-13,24H,5,10-11,14H2,1-4H3,(H2,21,22,23). The molecular weight excluding hydrogens is 330 g/mol. The molecule has 1 aromatic heterocycles. The lowest BCUT2D eigenvalue weighted by atomic mass is 10.0. The minimum absolute atomic E-state index is 0.203. The average molecular weight is 359 g/mol. The van der Waals surface area contributed by atoms with Gasteiger partial charge in [0.25, 0.3) is 0 Å². The lowest BCUT2D eigenvalue weighted by Crippen LogP contribution is -2.39. The van der Waals surface area contributed by atoms with Crippen LogP contribution in [0.3, 0.4) is 0 Å². The number of benzene rings is 1. The van der Waals surface area contributed by atoms with Gasteiger partial charge in [0.05, 0.1) is 19.9 Å². The number of nitrogens with zero attached hydrogens (tertiary/aromatic N) is 1. The average Bonchev–Trinajstić information content (AvgIpc) is 3.17. The summed E-state index contributed by atoms with van der Waals surface area (Å²) >= 11 is 0. The van der Waals surface area contributed by atoms with Crippen molar-refractivity contribution in [3.63, 3.8) is 0 Å². The van der Waals surface area contributed by atoms with E-state index in [-0.39, 0.29) is 6.54 Å². The summed E-state index contributed by atoms with van der Waals surface area (Å²) in [7, 11) is 1.69. The molecule has 0 radical (unpaired) electrons. The molecule has 0 bridgehead atoms. The molecule has 0 spiro atoms. The number of aliphatic hydroxyl groups is 1. The van der Waals surface area contributed by atoms with Crippen LogP contribution in [0.5, 0.6) is 5.75 Å². The maximum atomic E-state index is 10.5. The molecule has 6 heteroatoms. The van der Waals surface area contributed by atoms with E-state index < -0.39 is 5.60 Å². The number of nitrogens with one attached hydrogen (secondary N) is 2. The van der Waals surface area contributed by atoms with Crippen LogP contribution in [0.2, 0.25) is 0 Å². The fourth-order valence-corrected chi connectivity index (χ4v) is 2.58. The minimum atomic E-state index is -1.14. The van der Waals surface area contributed by atoms with Gasteiger partial charge in [0.1, 0.15) is 17.1 Å². The van der Waals surface area contributed by atoms with Crippen molar-refractivity contribution < 1.29 is 14.3 Å². The molecule has 0 saturated heterocycles. The van der Waals surface area contributed by atoms with Crippen molar-refractivity contribution in [2.24, 2.45) is 4.99 Å². The van der Waals surface area contributed by atoms with Gasteiger partial charge < -0.3 is 24.9 Å². The van der Waals surface area contributed by atoms with Gasteiger partial charge in [-0.3, -0.25) is 0 Å². The van der Waals surface area contributed by atoms with E-state index in [2.05, 4.69) is 33.8 Å². The van der Waals surface area contributed by atoms with Crippen molar-refractivity contribution in [1.29, 1.82) is 0 Å². The molecule has 2 aromatic rings. The van der Waals surface area contributed by atoms with Crippen molar-refractivity contribution in [3.05, 3.63) is 53.5 Å². The molecule has 1 aromatic carbocycles. The van der Waals surface area contributed by atoms with Crippen molar-refractivity contribution in [2.45, 2.75) is 32.8 Å². The third kappa shape index (κ3) is 5.52. The Morgan fingerprint density at radius 1 is 1.31 bits per heavy atom. The molecule has 2 rings (SSSR count). The summed E-state index contributed by atoms with van der Waals surface area (Å²) in [4.78, 5) is 4.48. The van der Waals surface area contributed by atoms with Crippen LogP contribution in [-0.2, 0) is 12.0 Å². The second-order valence-corrected chi connectivity index (χ2v) is 6.43. The van der Waals surface area contributed by atoms with Crippen LogP contribution < -0.4 is 15.4 Å². The van der Waals surface area contributed by atoms with Crippen molar-refractivity contribution in [2.75, 3.05) is 26.7 Å². The van der Waals surface area contributed by atoms with Gasteiger partial charge in [0, 0.05) is 13.1 Å². The van der Waals surface area contributed by atoms with Gasteiger partial charge in [-0.05, 0) is 56.5 Å². The van der Waals surface area contributed by atoms with Crippen molar-refractivity contribution in [3.8, 4) is 5.75 Å². The largest absolute Gasteiger partial charge is 0.496 e. The van der Waals surface area contributed by atoms with Crippen molar-refractivity contribution >= 4 is 5.96 Å². The first-order valence-corrected chi connectivity index (χ1v) is 8.88. The normalized spacial score (nSPS) is 14.0. The van der Waals surface area contributed by atoms with Crippen molar-refractivity contribution in [1.82, 2.24) is 10.6 Å². The summed E-state index contributed by atoms with van der Waals surface area (Å²) in [6, 6.07) is 9.73. The summed E-state index contributed by atoms with van der Waals surface area (Å²) in [5.74, 6) is 2.07. The Labute approximate surface area is 155 Å². The number of hydrogen-bond acceptors (Lipinski definition) is 4. The highest BCUT2D eigenvalue weighted by atomic mass is 16.5. The zero-order valence-electron chi connectivity index (χ0n) is 16.0. The minimum Gasteiger partial charge on any atom is -0.496 e. The van der Waals surface area contributed by atoms with Crippen LogP contribution in [0.25, 0.3) is 0 Å². The van der Waals surface area contributed by atoms with Crippen LogP contribution in [0.15, 0.2) is 46.0 Å². The fraction of sp³-hybridized carbons (Fsp3) is 0.450. The third-order valence-electron chi connectivity index (χ3n) is 4.12. The van der Waals surface area contributed by atoms with Gasteiger partial charge in [-0.1, -0.05) is 12.1 Å². The van der Waals surface area contributed by atoms with E-state index in [4.69, 9.17) is 9.15 Å². The Kier molecular flexibility index (Phi) is 7.09. The zero-order chi connectivity index (χ0) is 19.0. The van der Waals surface area contributed by atoms with E-state index in [1.165, 1.54) is 5.56 Å². The lowest BCUT2D eigenvalue weighted by Gasteiger charge is -2.19. The monoisotopic (exact) mass is 359 g/mol. The molecule has 0 amide bonds. The zero-order valence-corrected chi connectivity index (χ0v) is 16.0. The maximum Gasteiger partial charge on any atom is 0.191 e. The second-order valence-electron chi connectivity index (χ2n) is 6.43. The quantitative estimate of drug-likeness (QED) is 0.499. The molecule has 26 heavy (non-hydrogen) atoms. The smallest absolute Gasteiger partial charge is 0.191 e. The van der Waals surface area contributed by atoms with E-state index in [0.29, 0.717) is 11.7 Å². The number of ether oxygens (including phenoxy) is 1. The van der Waals surface area contributed by atoms with Gasteiger partial charge in [0.2, 0.25) is 0 Å². The molecule has 0 saturated carbocycles. The summed E-state index contributed by atoms with van der Waals surface area (Å²) < 4.78 is 10.7.